The van der Waals surface area contributed by atoms with Crippen molar-refractivity contribution in [1.29, 1.82) is 0 Å². The van der Waals surface area contributed by atoms with Crippen molar-refractivity contribution in [2.45, 2.75) is 26.3 Å². The lowest BCUT2D eigenvalue weighted by Crippen LogP contribution is -2.13. The van der Waals surface area contributed by atoms with Crippen molar-refractivity contribution < 1.29 is 0 Å². The molecule has 2 aromatic heterocycles. The van der Waals surface area contributed by atoms with Crippen LogP contribution in [0.25, 0.3) is 22.1 Å². The molecule has 5 nitrogen and oxygen atoms in total. The number of fused-ring (bicyclic) bond motifs is 2. The Balaban J connectivity index is 1.86. The molecule has 0 radical (unpaired) electrons. The van der Waals surface area contributed by atoms with Gasteiger partial charge in [-0.15, -0.1) is 5.10 Å². The normalized spacial score (nSPS) is 12.6. The number of nitrogens with zero attached hydrogens (tertiary/aromatic N) is 4. The number of hydrogen-bond donors (Lipinski definition) is 1. The zero-order valence-electron chi connectivity index (χ0n) is 13.8. The van der Waals surface area contributed by atoms with Crippen LogP contribution < -0.4 is 0 Å². The number of rotatable bonds is 4. The van der Waals surface area contributed by atoms with Crippen LogP contribution in [0.3, 0.4) is 0 Å². The van der Waals surface area contributed by atoms with E-state index in [2.05, 4.69) is 35.2 Å². The molecular weight excluding hydrogens is 298 g/mol. The van der Waals surface area contributed by atoms with Crippen LogP contribution in [0.2, 0.25) is 0 Å². The van der Waals surface area contributed by atoms with Gasteiger partial charge < -0.3 is 4.98 Å². The summed E-state index contributed by atoms with van der Waals surface area (Å²) >= 11 is 0. The van der Waals surface area contributed by atoms with Gasteiger partial charge in [0, 0.05) is 0 Å². The highest BCUT2D eigenvalue weighted by Gasteiger charge is 2.20. The quantitative estimate of drug-likeness (QED) is 0.572. The van der Waals surface area contributed by atoms with Gasteiger partial charge in [0.1, 0.15) is 17.4 Å². The summed E-state index contributed by atoms with van der Waals surface area (Å²) in [4.78, 5) is 8.22. The fourth-order valence-corrected chi connectivity index (χ4v) is 2.92. The molecule has 0 aliphatic heterocycles. The van der Waals surface area contributed by atoms with Crippen molar-refractivity contribution in [3.63, 3.8) is 0 Å². The number of para-hydroxylation sites is 3. The molecule has 2 aromatic carbocycles. The van der Waals surface area contributed by atoms with Crippen LogP contribution in [-0.2, 0) is 0 Å². The number of benzene rings is 2. The maximum absolute atomic E-state index is 4.78. The number of hydrogen-bond acceptors (Lipinski definition) is 3. The highest BCUT2D eigenvalue weighted by atomic mass is 15.4. The third kappa shape index (κ3) is 2.58. The van der Waals surface area contributed by atoms with Crippen molar-refractivity contribution >= 4 is 22.1 Å². The molecule has 0 saturated heterocycles. The van der Waals surface area contributed by atoms with Crippen molar-refractivity contribution in [2.75, 3.05) is 0 Å². The molecule has 4 rings (SSSR count). The first-order chi connectivity index (χ1) is 11.7. The minimum atomic E-state index is -0.0142. The first-order valence-electron chi connectivity index (χ1n) is 8.10. The van der Waals surface area contributed by atoms with Gasteiger partial charge in [-0.1, -0.05) is 41.1 Å². The van der Waals surface area contributed by atoms with Gasteiger partial charge in [-0.2, -0.15) is 0 Å². The molecule has 0 bridgehead atoms. The summed E-state index contributed by atoms with van der Waals surface area (Å²) in [5, 5.41) is 8.69. The summed E-state index contributed by atoms with van der Waals surface area (Å²) in [7, 11) is 0. The van der Waals surface area contributed by atoms with E-state index >= 15 is 0 Å². The predicted octanol–water partition coefficient (Wildman–Crippen LogP) is 4.25. The van der Waals surface area contributed by atoms with Gasteiger partial charge in [0.25, 0.3) is 0 Å². The van der Waals surface area contributed by atoms with Crippen molar-refractivity contribution in [3.8, 4) is 0 Å². The number of aromatic amines is 1. The lowest BCUT2D eigenvalue weighted by atomic mass is 10.1. The van der Waals surface area contributed by atoms with E-state index in [4.69, 9.17) is 4.98 Å². The van der Waals surface area contributed by atoms with Crippen molar-refractivity contribution in [1.82, 2.24) is 25.0 Å². The Kier molecular flexibility index (Phi) is 3.61. The van der Waals surface area contributed by atoms with Crippen LogP contribution in [0.15, 0.2) is 60.2 Å². The molecule has 2 heterocycles. The minimum Gasteiger partial charge on any atom is -0.340 e. The highest BCUT2D eigenvalue weighted by Crippen LogP contribution is 2.26. The molecule has 0 saturated carbocycles. The largest absolute Gasteiger partial charge is 0.340 e. The standard InChI is InChI=1S/C19H19N5/c1-13(2)11-12-18(19-20-14-7-3-4-8-15(14)21-19)24-17-10-6-5-9-16(17)22-23-24/h3-11,18H,12H2,1-2H3,(H,20,21). The summed E-state index contributed by atoms with van der Waals surface area (Å²) in [6, 6.07) is 16.1. The SMILES string of the molecule is CC(C)=CCC(c1nc2ccccc2[nH]1)n1nnc2ccccc21. The number of imidazole rings is 1. The molecule has 0 fully saturated rings. The third-order valence-electron chi connectivity index (χ3n) is 4.15. The monoisotopic (exact) mass is 317 g/mol. The highest BCUT2D eigenvalue weighted by molar-refractivity contribution is 5.76. The molecule has 120 valence electrons. The third-order valence-corrected chi connectivity index (χ3v) is 4.15. The molecule has 0 amide bonds. The first-order valence-corrected chi connectivity index (χ1v) is 8.10. The minimum absolute atomic E-state index is 0.0142. The number of aromatic nitrogens is 5. The average Bonchev–Trinajstić information content (AvgIpc) is 3.19. The van der Waals surface area contributed by atoms with E-state index in [-0.39, 0.29) is 6.04 Å². The van der Waals surface area contributed by atoms with E-state index < -0.39 is 0 Å². The second kappa shape index (κ2) is 5.92. The van der Waals surface area contributed by atoms with Crippen LogP contribution in [0, 0.1) is 0 Å². The first kappa shape index (κ1) is 14.6. The maximum Gasteiger partial charge on any atom is 0.132 e. The Morgan fingerprint density at radius 1 is 1.08 bits per heavy atom. The summed E-state index contributed by atoms with van der Waals surface area (Å²) in [5.74, 6) is 0.907. The Labute approximate surface area is 140 Å². The topological polar surface area (TPSA) is 59.4 Å². The smallest absolute Gasteiger partial charge is 0.132 e. The molecule has 0 aliphatic rings. The predicted molar refractivity (Wildman–Crippen MR) is 95.8 cm³/mol. The van der Waals surface area contributed by atoms with Gasteiger partial charge in [-0.05, 0) is 44.5 Å². The number of allylic oxidation sites excluding steroid dienone is 2. The van der Waals surface area contributed by atoms with Crippen molar-refractivity contribution in [2.24, 2.45) is 0 Å². The van der Waals surface area contributed by atoms with E-state index in [1.165, 1.54) is 5.57 Å². The molecule has 0 spiro atoms. The molecule has 5 heteroatoms. The number of nitrogens with one attached hydrogen (secondary N) is 1. The number of H-pyrrole nitrogens is 1. The lowest BCUT2D eigenvalue weighted by molar-refractivity contribution is 0.505. The molecular formula is C19H19N5. The Morgan fingerprint density at radius 3 is 2.62 bits per heavy atom. The van der Waals surface area contributed by atoms with Crippen LogP contribution >= 0.6 is 0 Å². The summed E-state index contributed by atoms with van der Waals surface area (Å²) in [6.45, 7) is 4.21. The molecule has 1 unspecified atom stereocenters. The van der Waals surface area contributed by atoms with E-state index in [0.29, 0.717) is 0 Å². The molecule has 24 heavy (non-hydrogen) atoms. The lowest BCUT2D eigenvalue weighted by Gasteiger charge is -2.14. The van der Waals surface area contributed by atoms with Gasteiger partial charge >= 0.3 is 0 Å². The van der Waals surface area contributed by atoms with Crippen LogP contribution in [0.1, 0.15) is 32.1 Å². The Hall–Kier alpha value is -2.95. The maximum atomic E-state index is 4.78. The fourth-order valence-electron chi connectivity index (χ4n) is 2.92. The average molecular weight is 317 g/mol. The van der Waals surface area contributed by atoms with Crippen LogP contribution in [-0.4, -0.2) is 25.0 Å². The van der Waals surface area contributed by atoms with E-state index in [9.17, 15) is 0 Å². The molecule has 1 N–H and O–H groups in total. The second-order valence-corrected chi connectivity index (χ2v) is 6.19. The van der Waals surface area contributed by atoms with Gasteiger partial charge in [-0.3, -0.25) is 0 Å². The summed E-state index contributed by atoms with van der Waals surface area (Å²) in [6.07, 6.45) is 3.03. The second-order valence-electron chi connectivity index (χ2n) is 6.19. The van der Waals surface area contributed by atoms with E-state index in [1.807, 2.05) is 53.2 Å². The molecule has 0 aliphatic carbocycles. The fraction of sp³-hybridized carbons (Fsp3) is 0.211. The van der Waals surface area contributed by atoms with E-state index in [0.717, 1.165) is 34.3 Å². The van der Waals surface area contributed by atoms with E-state index in [1.54, 1.807) is 0 Å². The van der Waals surface area contributed by atoms with Gasteiger partial charge in [-0.25, -0.2) is 9.67 Å². The van der Waals surface area contributed by atoms with Gasteiger partial charge in [0.05, 0.1) is 16.6 Å². The summed E-state index contributed by atoms with van der Waals surface area (Å²) in [5.41, 5.74) is 5.21. The zero-order valence-corrected chi connectivity index (χ0v) is 13.8. The molecule has 4 aromatic rings. The van der Waals surface area contributed by atoms with Crippen LogP contribution in [0.4, 0.5) is 0 Å². The zero-order chi connectivity index (χ0) is 16.5. The molecule has 1 atom stereocenters. The van der Waals surface area contributed by atoms with Gasteiger partial charge in [0.15, 0.2) is 0 Å². The Morgan fingerprint density at radius 2 is 1.83 bits per heavy atom. The van der Waals surface area contributed by atoms with Crippen LogP contribution in [0.5, 0.6) is 0 Å². The van der Waals surface area contributed by atoms with Gasteiger partial charge in [0.2, 0.25) is 0 Å². The van der Waals surface area contributed by atoms with Crippen molar-refractivity contribution in [3.05, 3.63) is 66.0 Å². The Bertz CT molecular complexity index is 987. The summed E-state index contributed by atoms with van der Waals surface area (Å²) < 4.78 is 1.96.